The van der Waals surface area contributed by atoms with E-state index in [0.29, 0.717) is 16.8 Å². The van der Waals surface area contributed by atoms with Gasteiger partial charge in [-0.1, -0.05) is 36.4 Å². The van der Waals surface area contributed by atoms with Crippen LogP contribution in [0.1, 0.15) is 28.8 Å². The number of hydrogen-bond acceptors (Lipinski definition) is 5. The molecule has 4 heterocycles. The summed E-state index contributed by atoms with van der Waals surface area (Å²) < 4.78 is 6.23. The van der Waals surface area contributed by atoms with Crippen molar-refractivity contribution in [1.82, 2.24) is 29.6 Å². The zero-order chi connectivity index (χ0) is 28.3. The third-order valence-corrected chi connectivity index (χ3v) is 9.32. The molecule has 2 fully saturated rings. The molecule has 0 bridgehead atoms. The number of nitrogens with one attached hydrogen (secondary N) is 2. The smallest absolute Gasteiger partial charge is 0.327 e. The second-order valence-corrected chi connectivity index (χ2v) is 10.8. The number of carbonyl (C=O) groups is 4. The minimum absolute atomic E-state index is 0.467. The van der Waals surface area contributed by atoms with Crippen LogP contribution in [-0.4, -0.2) is 94.3 Å². The van der Waals surface area contributed by atoms with Crippen LogP contribution in [0.2, 0.25) is 0 Å². The lowest BCUT2D eigenvalue weighted by molar-refractivity contribution is -0.153. The van der Waals surface area contributed by atoms with Gasteiger partial charge >= 0.3 is 12.1 Å². The summed E-state index contributed by atoms with van der Waals surface area (Å²) in [6.07, 6.45) is 0.795. The SMILES string of the molecule is CO[C@H]1c2c([nH]c3ccccc23)[C@@]2(C(=O)N(C)C(=O)N2C)[C@@H](c2c[nH]c3ccccc23)[C@@]12C(=O)N(C)C(=O)N2C. The summed E-state index contributed by atoms with van der Waals surface area (Å²) in [6, 6.07) is 14.0. The van der Waals surface area contributed by atoms with Crippen LogP contribution in [0.3, 0.4) is 0 Å². The van der Waals surface area contributed by atoms with Gasteiger partial charge in [-0.15, -0.1) is 0 Å². The molecule has 2 aliphatic heterocycles. The van der Waals surface area contributed by atoms with Crippen molar-refractivity contribution in [3.8, 4) is 0 Å². The lowest BCUT2D eigenvalue weighted by Gasteiger charge is -2.55. The molecule has 2 aromatic heterocycles. The van der Waals surface area contributed by atoms with E-state index in [1.165, 1.54) is 31.0 Å². The average molecular weight is 541 g/mol. The van der Waals surface area contributed by atoms with Crippen molar-refractivity contribution in [2.75, 3.05) is 35.3 Å². The number of likely N-dealkylation sites (N-methyl/N-ethyl adjacent to an activating group) is 4. The highest BCUT2D eigenvalue weighted by Gasteiger charge is 2.78. The lowest BCUT2D eigenvalue weighted by Crippen LogP contribution is -2.69. The normalized spacial score (nSPS) is 28.4. The first kappa shape index (κ1) is 24.4. The average Bonchev–Trinajstić information content (AvgIpc) is 3.65. The molecule has 1 aliphatic carbocycles. The maximum Gasteiger partial charge on any atom is 0.327 e. The molecular weight excluding hydrogens is 512 g/mol. The first-order chi connectivity index (χ1) is 19.1. The van der Waals surface area contributed by atoms with Crippen molar-refractivity contribution in [3.05, 3.63) is 71.5 Å². The Bertz CT molecular complexity index is 1790. The summed E-state index contributed by atoms with van der Waals surface area (Å²) in [6.45, 7) is 0. The number of benzene rings is 2. The van der Waals surface area contributed by atoms with Gasteiger partial charge in [0.1, 0.15) is 6.10 Å². The van der Waals surface area contributed by atoms with Gasteiger partial charge in [-0.3, -0.25) is 19.4 Å². The standard InChI is InChI=1S/C29H28N6O5/c1-32-24(36)28(34(3)26(32)38)21(17-14-30-18-12-8-6-10-15(17)18)29(25(37)33(2)27(39)35(29)4)23(40-5)20-16-11-7-9-13-19(16)31-22(20)28/h6-14,21,23,30-31H,1-5H3/t21-,23+,28-,29+/m1/s1. The molecule has 4 atom stereocenters. The van der Waals surface area contributed by atoms with Crippen LogP contribution in [0.5, 0.6) is 0 Å². The molecule has 11 nitrogen and oxygen atoms in total. The van der Waals surface area contributed by atoms with Gasteiger partial charge < -0.3 is 24.5 Å². The first-order valence-corrected chi connectivity index (χ1v) is 13.0. The van der Waals surface area contributed by atoms with E-state index in [2.05, 4.69) is 9.97 Å². The fourth-order valence-electron chi connectivity index (χ4n) is 7.60. The minimum atomic E-state index is -1.72. The number of para-hydroxylation sites is 2. The molecule has 6 amide bonds. The second-order valence-electron chi connectivity index (χ2n) is 10.8. The Morgan fingerprint density at radius 2 is 1.38 bits per heavy atom. The Morgan fingerprint density at radius 3 is 1.98 bits per heavy atom. The zero-order valence-electron chi connectivity index (χ0n) is 22.7. The van der Waals surface area contributed by atoms with Crippen LogP contribution in [0.25, 0.3) is 21.8 Å². The molecule has 7 rings (SSSR count). The molecule has 11 heteroatoms. The monoisotopic (exact) mass is 540 g/mol. The van der Waals surface area contributed by atoms with Crippen molar-refractivity contribution >= 4 is 45.7 Å². The zero-order valence-corrected chi connectivity index (χ0v) is 22.7. The number of amides is 6. The van der Waals surface area contributed by atoms with E-state index in [4.69, 9.17) is 4.74 Å². The molecule has 0 saturated carbocycles. The molecule has 40 heavy (non-hydrogen) atoms. The number of ether oxygens (including phenoxy) is 1. The molecule has 3 aliphatic rings. The number of carbonyl (C=O) groups excluding carboxylic acids is 4. The van der Waals surface area contributed by atoms with E-state index >= 15 is 0 Å². The quantitative estimate of drug-likeness (QED) is 0.379. The van der Waals surface area contributed by atoms with Crippen molar-refractivity contribution in [3.63, 3.8) is 0 Å². The molecule has 204 valence electrons. The molecule has 0 unspecified atom stereocenters. The van der Waals surface area contributed by atoms with Gasteiger partial charge in [0, 0.05) is 68.9 Å². The number of hydrogen-bond donors (Lipinski definition) is 2. The van der Waals surface area contributed by atoms with E-state index in [0.717, 1.165) is 31.6 Å². The molecule has 2 spiro atoms. The highest BCUT2D eigenvalue weighted by atomic mass is 16.5. The largest absolute Gasteiger partial charge is 0.374 e. The predicted molar refractivity (Wildman–Crippen MR) is 145 cm³/mol. The van der Waals surface area contributed by atoms with Crippen LogP contribution >= 0.6 is 0 Å². The maximum atomic E-state index is 14.7. The molecule has 2 N–H and O–H groups in total. The summed E-state index contributed by atoms with van der Waals surface area (Å²) in [5, 5.41) is 1.51. The van der Waals surface area contributed by atoms with Crippen molar-refractivity contribution in [1.29, 1.82) is 0 Å². The number of rotatable bonds is 2. The Balaban J connectivity index is 1.74. The minimum Gasteiger partial charge on any atom is -0.374 e. The molecule has 2 aromatic carbocycles. The van der Waals surface area contributed by atoms with Crippen molar-refractivity contribution < 1.29 is 23.9 Å². The number of nitrogens with zero attached hydrogens (tertiary/aromatic N) is 4. The number of aromatic amines is 2. The van der Waals surface area contributed by atoms with Crippen LogP contribution in [0, 0.1) is 0 Å². The Hall–Kier alpha value is -4.64. The van der Waals surface area contributed by atoms with Crippen LogP contribution < -0.4 is 0 Å². The number of aromatic nitrogens is 2. The summed E-state index contributed by atoms with van der Waals surface area (Å²) >= 11 is 0. The molecule has 4 aromatic rings. The summed E-state index contributed by atoms with van der Waals surface area (Å²) in [5.74, 6) is -2.07. The van der Waals surface area contributed by atoms with E-state index in [9.17, 15) is 19.2 Å². The number of imide groups is 2. The fourth-order valence-corrected chi connectivity index (χ4v) is 7.60. The van der Waals surface area contributed by atoms with Gasteiger partial charge in [0.05, 0.1) is 11.6 Å². The molecule has 2 saturated heterocycles. The molecular formula is C29H28N6O5. The van der Waals surface area contributed by atoms with Gasteiger partial charge in [-0.25, -0.2) is 9.59 Å². The Labute approximate surface area is 229 Å². The summed E-state index contributed by atoms with van der Waals surface area (Å²) in [5.41, 5.74) is -0.266. The van der Waals surface area contributed by atoms with Crippen LogP contribution in [-0.2, 0) is 19.9 Å². The first-order valence-electron chi connectivity index (χ1n) is 13.0. The topological polar surface area (TPSA) is 122 Å². The number of methoxy groups -OCH3 is 1. The van der Waals surface area contributed by atoms with E-state index < -0.39 is 47.0 Å². The van der Waals surface area contributed by atoms with Gasteiger partial charge in [0.15, 0.2) is 11.1 Å². The van der Waals surface area contributed by atoms with E-state index in [-0.39, 0.29) is 0 Å². The van der Waals surface area contributed by atoms with Crippen LogP contribution in [0.4, 0.5) is 9.59 Å². The van der Waals surface area contributed by atoms with Gasteiger partial charge in [-0.2, -0.15) is 0 Å². The summed E-state index contributed by atoms with van der Waals surface area (Å²) in [4.78, 5) is 68.3. The number of fused-ring (bicyclic) bond motifs is 5. The molecule has 0 radical (unpaired) electrons. The number of H-pyrrole nitrogens is 2. The highest BCUT2D eigenvalue weighted by molar-refractivity contribution is 6.14. The predicted octanol–water partition coefficient (Wildman–Crippen LogP) is 3.12. The third-order valence-electron chi connectivity index (χ3n) is 9.32. The van der Waals surface area contributed by atoms with Gasteiger partial charge in [0.25, 0.3) is 11.8 Å². The van der Waals surface area contributed by atoms with Gasteiger partial charge in [-0.05, 0) is 17.7 Å². The maximum absolute atomic E-state index is 14.7. The van der Waals surface area contributed by atoms with E-state index in [1.807, 2.05) is 48.5 Å². The second kappa shape index (κ2) is 7.72. The Kier molecular flexibility index (Phi) is 4.71. The van der Waals surface area contributed by atoms with Crippen LogP contribution in [0.15, 0.2) is 54.7 Å². The lowest BCUT2D eigenvalue weighted by atomic mass is 9.56. The summed E-state index contributed by atoms with van der Waals surface area (Å²) in [7, 11) is 7.52. The fraction of sp³-hybridized carbons (Fsp3) is 0.310. The van der Waals surface area contributed by atoms with Crippen molar-refractivity contribution in [2.24, 2.45) is 0 Å². The Morgan fingerprint density at radius 1 is 0.775 bits per heavy atom. The van der Waals surface area contributed by atoms with E-state index in [1.54, 1.807) is 20.3 Å². The van der Waals surface area contributed by atoms with Crippen molar-refractivity contribution in [2.45, 2.75) is 23.1 Å². The third kappa shape index (κ3) is 2.41. The van der Waals surface area contributed by atoms with Gasteiger partial charge in [0.2, 0.25) is 0 Å². The number of urea groups is 2. The highest BCUT2D eigenvalue weighted by Crippen LogP contribution is 2.65.